The van der Waals surface area contributed by atoms with E-state index in [1.54, 1.807) is 6.07 Å². The average Bonchev–Trinajstić information content (AvgIpc) is 3.79. The smallest absolute Gasteiger partial charge is 0.317 e. The maximum absolute atomic E-state index is 14.4. The molecule has 7 heteroatoms. The van der Waals surface area contributed by atoms with Crippen LogP contribution in [0.2, 0.25) is 0 Å². The van der Waals surface area contributed by atoms with Crippen LogP contribution in [-0.4, -0.2) is 28.5 Å². The highest BCUT2D eigenvalue weighted by Gasteiger charge is 2.43. The number of Topliss-reactive ketones (excluding diaryl/α,β-unsaturated/α-hetero) is 1. The number of allylic oxidation sites excluding steroid dienone is 2. The zero-order chi connectivity index (χ0) is 39.8. The second kappa shape index (κ2) is 15.4. The number of hydrogen-bond donors (Lipinski definition) is 1. The van der Waals surface area contributed by atoms with Gasteiger partial charge in [0, 0.05) is 28.7 Å². The summed E-state index contributed by atoms with van der Waals surface area (Å²) in [6.07, 6.45) is 4.39. The first kappa shape index (κ1) is 38.5. The van der Waals surface area contributed by atoms with Crippen molar-refractivity contribution in [2.45, 2.75) is 86.5 Å². The topological polar surface area (TPSA) is 102 Å². The number of para-hydroxylation sites is 2. The molecular weight excluding hydrogens is 699 g/mol. The molecule has 4 aromatic rings. The zero-order valence-corrected chi connectivity index (χ0v) is 33.1. The van der Waals surface area contributed by atoms with Crippen LogP contribution in [0.15, 0.2) is 119 Å². The van der Waals surface area contributed by atoms with Gasteiger partial charge in [0.25, 0.3) is 0 Å². The van der Waals surface area contributed by atoms with E-state index in [0.29, 0.717) is 84.6 Å². The molecule has 0 spiro atoms. The number of nitrogens with zero attached hydrogens (tertiary/aromatic N) is 1. The Bertz CT molecular complexity index is 2470. The number of carbonyl (C=O) groups is 3. The lowest BCUT2D eigenvalue weighted by molar-refractivity contribution is -0.147. The second-order valence-corrected chi connectivity index (χ2v) is 14.9. The van der Waals surface area contributed by atoms with E-state index < -0.39 is 10.8 Å². The number of ether oxygens (including phenoxy) is 2. The van der Waals surface area contributed by atoms with Crippen LogP contribution in [0.4, 0.5) is 0 Å². The van der Waals surface area contributed by atoms with Crippen molar-refractivity contribution in [1.29, 1.82) is 0 Å². The van der Waals surface area contributed by atoms with Crippen LogP contribution in [0.3, 0.4) is 0 Å². The fourth-order valence-corrected chi connectivity index (χ4v) is 8.60. The molecule has 0 amide bonds. The van der Waals surface area contributed by atoms with Crippen molar-refractivity contribution in [3.63, 3.8) is 0 Å². The van der Waals surface area contributed by atoms with Crippen molar-refractivity contribution in [3.8, 4) is 11.5 Å². The molecule has 7 nitrogen and oxygen atoms in total. The van der Waals surface area contributed by atoms with E-state index in [9.17, 15) is 19.5 Å². The molecule has 0 saturated heterocycles. The van der Waals surface area contributed by atoms with Gasteiger partial charge >= 0.3 is 11.9 Å². The summed E-state index contributed by atoms with van der Waals surface area (Å²) in [5, 5.41) is 13.6. The first-order valence-electron chi connectivity index (χ1n) is 20.0. The van der Waals surface area contributed by atoms with Crippen LogP contribution in [0.25, 0.3) is 16.8 Å². The molecule has 3 aliphatic rings. The number of aliphatic imine (C=N–C) groups is 1. The van der Waals surface area contributed by atoms with Gasteiger partial charge in [-0.3, -0.25) is 14.4 Å². The Morgan fingerprint density at radius 3 is 1.52 bits per heavy atom. The Balaban J connectivity index is 1.30. The van der Waals surface area contributed by atoms with E-state index in [1.807, 2.05) is 133 Å². The fourth-order valence-electron chi connectivity index (χ4n) is 8.60. The summed E-state index contributed by atoms with van der Waals surface area (Å²) in [6.45, 7) is 12.1. The van der Waals surface area contributed by atoms with E-state index in [0.717, 1.165) is 27.1 Å². The molecule has 0 radical (unpaired) electrons. The highest BCUT2D eigenvalue weighted by molar-refractivity contribution is 6.32. The molecule has 2 aliphatic carbocycles. The van der Waals surface area contributed by atoms with Crippen LogP contribution in [0, 0.1) is 10.8 Å². The molecular formula is C49H49NO6. The average molecular weight is 748 g/mol. The number of carbonyl (C=O) groups excluding carboxylic acids is 3. The van der Waals surface area contributed by atoms with Crippen molar-refractivity contribution < 1.29 is 29.0 Å². The quantitative estimate of drug-likeness (QED) is 0.0831. The molecule has 1 N–H and O–H groups in total. The third-order valence-electron chi connectivity index (χ3n) is 12.7. The van der Waals surface area contributed by atoms with Gasteiger partial charge in [-0.25, -0.2) is 4.99 Å². The van der Waals surface area contributed by atoms with Crippen molar-refractivity contribution >= 4 is 40.3 Å². The number of aliphatic hydroxyl groups is 1. The predicted molar refractivity (Wildman–Crippen MR) is 221 cm³/mol. The van der Waals surface area contributed by atoms with Gasteiger partial charge in [0.05, 0.1) is 33.4 Å². The molecule has 1 aliphatic heterocycles. The molecule has 0 unspecified atom stereocenters. The lowest BCUT2D eigenvalue weighted by Crippen LogP contribution is -2.33. The number of rotatable bonds is 13. The fraction of sp³-hybridized carbons (Fsp3) is 0.306. The number of benzene rings is 4. The van der Waals surface area contributed by atoms with Gasteiger partial charge in [-0.05, 0) is 78.3 Å². The summed E-state index contributed by atoms with van der Waals surface area (Å²) in [7, 11) is 0. The van der Waals surface area contributed by atoms with Gasteiger partial charge in [-0.1, -0.05) is 120 Å². The summed E-state index contributed by atoms with van der Waals surface area (Å²) in [4.78, 5) is 46.6. The Hall–Kier alpha value is -5.82. The highest BCUT2D eigenvalue weighted by Crippen LogP contribution is 2.46. The van der Waals surface area contributed by atoms with Crippen LogP contribution in [-0.2, 0) is 14.4 Å². The maximum Gasteiger partial charge on any atom is 0.317 e. The Kier molecular flexibility index (Phi) is 10.6. The third kappa shape index (κ3) is 6.14. The molecule has 0 bridgehead atoms. The lowest BCUT2D eigenvalue weighted by Gasteiger charge is -2.28. The van der Waals surface area contributed by atoms with Crippen LogP contribution >= 0.6 is 0 Å². The maximum atomic E-state index is 14.4. The lowest BCUT2D eigenvalue weighted by atomic mass is 9.79. The van der Waals surface area contributed by atoms with Crippen LogP contribution in [0.1, 0.15) is 109 Å². The van der Waals surface area contributed by atoms with Gasteiger partial charge < -0.3 is 14.6 Å². The van der Waals surface area contributed by atoms with Crippen LogP contribution in [0.5, 0.6) is 11.5 Å². The molecule has 286 valence electrons. The normalized spacial score (nSPS) is 16.4. The zero-order valence-electron chi connectivity index (χ0n) is 33.1. The Labute approximate surface area is 328 Å². The second-order valence-electron chi connectivity index (χ2n) is 14.9. The predicted octanol–water partition coefficient (Wildman–Crippen LogP) is 9.34. The number of aliphatic hydroxyl groups excluding tert-OH is 1. The monoisotopic (exact) mass is 747 g/mol. The molecule has 0 aromatic heterocycles. The molecule has 56 heavy (non-hydrogen) atoms. The number of fused-ring (bicyclic) bond motifs is 2. The van der Waals surface area contributed by atoms with Crippen molar-refractivity contribution in [1.82, 2.24) is 0 Å². The van der Waals surface area contributed by atoms with Crippen molar-refractivity contribution in [2.75, 3.05) is 0 Å². The SMILES string of the molecule is CCC(CC)(CC)C(=O)Oc1ccccc1C1=NC(=C2C(=O)C(C3=c4ccccc4=C(c4ccccc4OC(=O)C(CC)(CC)CC)C3)=C2O)c2ccccc21. The van der Waals surface area contributed by atoms with E-state index in [-0.39, 0.29) is 34.6 Å². The van der Waals surface area contributed by atoms with Gasteiger partial charge in [0.1, 0.15) is 17.3 Å². The molecule has 0 saturated carbocycles. The molecule has 0 atom stereocenters. The molecule has 4 aromatic carbocycles. The minimum atomic E-state index is -0.591. The van der Waals surface area contributed by atoms with E-state index >= 15 is 0 Å². The summed E-state index contributed by atoms with van der Waals surface area (Å²) in [5.41, 5.74) is 4.73. The number of hydrogen-bond acceptors (Lipinski definition) is 7. The van der Waals surface area contributed by atoms with Gasteiger partial charge in [0.2, 0.25) is 5.78 Å². The van der Waals surface area contributed by atoms with E-state index in [4.69, 9.17) is 14.5 Å². The molecule has 7 rings (SSSR count). The summed E-state index contributed by atoms with van der Waals surface area (Å²) < 4.78 is 12.3. The highest BCUT2D eigenvalue weighted by atomic mass is 16.5. The van der Waals surface area contributed by atoms with Gasteiger partial charge in [-0.15, -0.1) is 0 Å². The molecule has 1 heterocycles. The van der Waals surface area contributed by atoms with Gasteiger partial charge in [-0.2, -0.15) is 0 Å². The first-order valence-corrected chi connectivity index (χ1v) is 20.0. The minimum absolute atomic E-state index is 0.104. The van der Waals surface area contributed by atoms with Crippen molar-refractivity contribution in [2.24, 2.45) is 15.8 Å². The van der Waals surface area contributed by atoms with E-state index in [2.05, 4.69) is 0 Å². The van der Waals surface area contributed by atoms with Crippen molar-refractivity contribution in [3.05, 3.63) is 147 Å². The summed E-state index contributed by atoms with van der Waals surface area (Å²) in [5.74, 6) is -0.0387. The number of esters is 2. The minimum Gasteiger partial charge on any atom is -0.506 e. The standard InChI is InChI=1S/C49H49NO6/c1-7-48(8-2,9-3)46(53)55-38-27-19-17-23-32(38)36-29-37(31-22-14-13-21-30(31)36)40-44(51)41(45(40)52)43-34-25-16-15-24-33(34)42(50-43)35-26-18-20-28-39(35)56-47(54)49(10-4,11-5)12-6/h13-28,51H,7-12,29H2,1-6H3. The Morgan fingerprint density at radius 2 is 1.00 bits per heavy atom. The van der Waals surface area contributed by atoms with E-state index in [1.165, 1.54) is 0 Å². The first-order chi connectivity index (χ1) is 27.1. The Morgan fingerprint density at radius 1 is 0.571 bits per heavy atom. The third-order valence-corrected chi connectivity index (χ3v) is 12.7. The largest absolute Gasteiger partial charge is 0.506 e. The van der Waals surface area contributed by atoms with Crippen LogP contribution < -0.4 is 19.9 Å². The number of ketones is 1. The van der Waals surface area contributed by atoms with Gasteiger partial charge in [0.15, 0.2) is 0 Å². The molecule has 0 fully saturated rings. The summed E-state index contributed by atoms with van der Waals surface area (Å²) in [6, 6.07) is 30.3. The summed E-state index contributed by atoms with van der Waals surface area (Å²) >= 11 is 0.